The summed E-state index contributed by atoms with van der Waals surface area (Å²) in [5.74, 6) is 1.84. The second-order valence-corrected chi connectivity index (χ2v) is 6.39. The summed E-state index contributed by atoms with van der Waals surface area (Å²) < 4.78 is 15.6. The molecule has 1 unspecified atom stereocenters. The van der Waals surface area contributed by atoms with Gasteiger partial charge in [0.15, 0.2) is 0 Å². The van der Waals surface area contributed by atoms with Gasteiger partial charge in [0.05, 0.1) is 11.6 Å². The summed E-state index contributed by atoms with van der Waals surface area (Å²) in [5, 5.41) is 7.18. The van der Waals surface area contributed by atoms with Gasteiger partial charge in [-0.2, -0.15) is 5.10 Å². The number of nitrogens with one attached hydrogen (secondary N) is 2. The Hall–Kier alpha value is -3.92. The van der Waals surface area contributed by atoms with Crippen LogP contribution in [0.2, 0.25) is 0 Å². The molecule has 138 valence electrons. The Bertz CT molecular complexity index is 1340. The van der Waals surface area contributed by atoms with Crippen molar-refractivity contribution in [2.24, 2.45) is 0 Å². The van der Waals surface area contributed by atoms with E-state index in [1.54, 1.807) is 0 Å². The fourth-order valence-corrected chi connectivity index (χ4v) is 3.25. The maximum atomic E-state index is 14.2. The third kappa shape index (κ3) is 2.81. The van der Waals surface area contributed by atoms with Crippen LogP contribution in [0.25, 0.3) is 22.0 Å². The molecule has 0 saturated carbocycles. The summed E-state index contributed by atoms with van der Waals surface area (Å²) >= 11 is 0. The number of fused-ring (bicyclic) bond motifs is 1. The molecule has 4 aromatic rings. The Morgan fingerprint density at radius 2 is 1.93 bits per heavy atom. The summed E-state index contributed by atoms with van der Waals surface area (Å²) in [6, 6.07) is 11.5. The van der Waals surface area contributed by atoms with Gasteiger partial charge in [-0.05, 0) is 24.6 Å². The first-order valence-electron chi connectivity index (χ1n) is 8.54. The molecule has 0 aliphatic rings. The molecule has 4 rings (SSSR count). The fraction of sp³-hybridized carbons (Fsp3) is 0.0952. The summed E-state index contributed by atoms with van der Waals surface area (Å²) in [4.78, 5) is 27.2. The Balaban J connectivity index is 1.97. The van der Waals surface area contributed by atoms with Crippen molar-refractivity contribution in [3.63, 3.8) is 0 Å². The predicted octanol–water partition coefficient (Wildman–Crippen LogP) is 2.81. The van der Waals surface area contributed by atoms with Crippen molar-refractivity contribution in [3.05, 3.63) is 86.6 Å². The third-order valence-electron chi connectivity index (χ3n) is 4.73. The first-order chi connectivity index (χ1) is 13.5. The lowest BCUT2D eigenvalue weighted by Gasteiger charge is -2.16. The van der Waals surface area contributed by atoms with E-state index in [9.17, 15) is 14.0 Å². The van der Waals surface area contributed by atoms with Crippen LogP contribution in [0, 0.1) is 18.2 Å². The zero-order valence-corrected chi connectivity index (χ0v) is 14.9. The summed E-state index contributed by atoms with van der Waals surface area (Å²) in [7, 11) is 0. The molecular formula is C21H15FN4O2. The lowest BCUT2D eigenvalue weighted by Crippen LogP contribution is -2.32. The molecule has 0 aliphatic heterocycles. The Labute approximate surface area is 158 Å². The van der Waals surface area contributed by atoms with Gasteiger partial charge < -0.3 is 0 Å². The van der Waals surface area contributed by atoms with Gasteiger partial charge >= 0.3 is 5.69 Å². The van der Waals surface area contributed by atoms with Crippen molar-refractivity contribution in [1.29, 1.82) is 0 Å². The molecule has 28 heavy (non-hydrogen) atoms. The standard InChI is InChI=1S/C21H15FN4O2/c1-3-18-16-10-14(22)9-15(19(16)25-24-18)17-11-26(21(28)23-20(17)27)12(2)13-7-5-4-6-8-13/h1,4-12H,2H3,(H,24,25)(H,23,27,28). The largest absolute Gasteiger partial charge is 0.328 e. The SMILES string of the molecule is C#Cc1[nH]nc2c(-c3cn(C(C)c4ccccc4)c(=O)[nH]c3=O)cc(F)cc12. The number of rotatable bonds is 3. The second-order valence-electron chi connectivity index (χ2n) is 6.39. The van der Waals surface area contributed by atoms with Crippen LogP contribution in [0.1, 0.15) is 24.2 Å². The molecule has 0 saturated heterocycles. The smallest absolute Gasteiger partial charge is 0.293 e. The third-order valence-corrected chi connectivity index (χ3v) is 4.73. The molecule has 0 radical (unpaired) electrons. The molecule has 6 nitrogen and oxygen atoms in total. The Morgan fingerprint density at radius 3 is 2.64 bits per heavy atom. The molecule has 2 aromatic carbocycles. The van der Waals surface area contributed by atoms with Crippen molar-refractivity contribution in [1.82, 2.24) is 19.7 Å². The zero-order valence-electron chi connectivity index (χ0n) is 14.9. The van der Waals surface area contributed by atoms with Gasteiger partial charge in [-0.15, -0.1) is 6.42 Å². The van der Waals surface area contributed by atoms with E-state index < -0.39 is 17.1 Å². The maximum Gasteiger partial charge on any atom is 0.328 e. The molecule has 0 fully saturated rings. The monoisotopic (exact) mass is 374 g/mol. The van der Waals surface area contributed by atoms with Gasteiger partial charge in [0.25, 0.3) is 5.56 Å². The molecule has 2 heterocycles. The highest BCUT2D eigenvalue weighted by Gasteiger charge is 2.18. The van der Waals surface area contributed by atoms with Crippen LogP contribution in [0.5, 0.6) is 0 Å². The minimum atomic E-state index is -0.626. The summed E-state index contributed by atoms with van der Waals surface area (Å²) in [5.41, 5.74) is 0.768. The van der Waals surface area contributed by atoms with Crippen LogP contribution >= 0.6 is 0 Å². The molecule has 0 bridgehead atoms. The number of hydrogen-bond acceptors (Lipinski definition) is 3. The number of nitrogens with zero attached hydrogens (tertiary/aromatic N) is 2. The highest BCUT2D eigenvalue weighted by atomic mass is 19.1. The number of aromatic nitrogens is 4. The molecule has 7 heteroatoms. The molecule has 2 aromatic heterocycles. The molecule has 1 atom stereocenters. The van der Waals surface area contributed by atoms with Crippen LogP contribution in [-0.4, -0.2) is 19.7 Å². The van der Waals surface area contributed by atoms with Crippen LogP contribution < -0.4 is 11.2 Å². The highest BCUT2D eigenvalue weighted by Crippen LogP contribution is 2.28. The minimum absolute atomic E-state index is 0.127. The molecule has 2 N–H and O–H groups in total. The molecular weight excluding hydrogens is 359 g/mol. The average molecular weight is 374 g/mol. The van der Waals surface area contributed by atoms with E-state index in [2.05, 4.69) is 21.1 Å². The zero-order chi connectivity index (χ0) is 19.8. The van der Waals surface area contributed by atoms with Crippen molar-refractivity contribution in [3.8, 4) is 23.5 Å². The maximum absolute atomic E-state index is 14.2. The van der Waals surface area contributed by atoms with Crippen LogP contribution in [0.3, 0.4) is 0 Å². The lowest BCUT2D eigenvalue weighted by atomic mass is 10.0. The van der Waals surface area contributed by atoms with E-state index in [1.165, 1.54) is 22.9 Å². The number of terminal acetylenes is 1. The number of aromatic amines is 2. The van der Waals surface area contributed by atoms with Gasteiger partial charge in [0.2, 0.25) is 0 Å². The van der Waals surface area contributed by atoms with Crippen molar-refractivity contribution in [2.75, 3.05) is 0 Å². The van der Waals surface area contributed by atoms with Crippen LogP contribution in [0.4, 0.5) is 4.39 Å². The lowest BCUT2D eigenvalue weighted by molar-refractivity contribution is 0.595. The molecule has 0 aliphatic carbocycles. The van der Waals surface area contributed by atoms with Gasteiger partial charge in [0.1, 0.15) is 17.0 Å². The Morgan fingerprint density at radius 1 is 1.18 bits per heavy atom. The molecule has 0 amide bonds. The van der Waals surface area contributed by atoms with Crippen LogP contribution in [0.15, 0.2) is 58.3 Å². The molecule has 0 spiro atoms. The van der Waals surface area contributed by atoms with E-state index >= 15 is 0 Å². The van der Waals surface area contributed by atoms with E-state index in [1.807, 2.05) is 37.3 Å². The topological polar surface area (TPSA) is 83.5 Å². The number of H-pyrrole nitrogens is 2. The van der Waals surface area contributed by atoms with Gasteiger partial charge in [-0.3, -0.25) is 19.4 Å². The van der Waals surface area contributed by atoms with E-state index in [-0.39, 0.29) is 17.2 Å². The van der Waals surface area contributed by atoms with Crippen LogP contribution in [-0.2, 0) is 0 Å². The van der Waals surface area contributed by atoms with Gasteiger partial charge in [0, 0.05) is 17.1 Å². The van der Waals surface area contributed by atoms with Crippen molar-refractivity contribution < 1.29 is 4.39 Å². The van der Waals surface area contributed by atoms with E-state index in [0.717, 1.165) is 5.56 Å². The quantitative estimate of drug-likeness (QED) is 0.541. The number of hydrogen-bond donors (Lipinski definition) is 2. The summed E-state index contributed by atoms with van der Waals surface area (Å²) in [6.45, 7) is 1.84. The van der Waals surface area contributed by atoms with Crippen molar-refractivity contribution >= 4 is 10.9 Å². The van der Waals surface area contributed by atoms with E-state index in [0.29, 0.717) is 16.6 Å². The minimum Gasteiger partial charge on any atom is -0.293 e. The normalized spacial score (nSPS) is 12.0. The highest BCUT2D eigenvalue weighted by molar-refractivity contribution is 5.96. The summed E-state index contributed by atoms with van der Waals surface area (Å²) in [6.07, 6.45) is 6.85. The van der Waals surface area contributed by atoms with E-state index in [4.69, 9.17) is 6.42 Å². The first-order valence-corrected chi connectivity index (χ1v) is 8.54. The predicted molar refractivity (Wildman–Crippen MR) is 105 cm³/mol. The van der Waals surface area contributed by atoms with Gasteiger partial charge in [-0.1, -0.05) is 36.3 Å². The van der Waals surface area contributed by atoms with Gasteiger partial charge in [-0.25, -0.2) is 9.18 Å². The number of benzene rings is 2. The van der Waals surface area contributed by atoms with Crippen molar-refractivity contribution in [2.45, 2.75) is 13.0 Å². The first kappa shape index (κ1) is 17.5. The average Bonchev–Trinajstić information content (AvgIpc) is 3.10. The Kier molecular flexibility index (Phi) is 4.17. The number of halogens is 1. The fourth-order valence-electron chi connectivity index (χ4n) is 3.25. The second kappa shape index (κ2) is 6.67.